The largest absolute Gasteiger partial charge is 0.490 e. The fourth-order valence-electron chi connectivity index (χ4n) is 2.43. The van der Waals surface area contributed by atoms with Crippen LogP contribution in [0.5, 0.6) is 5.75 Å². The predicted molar refractivity (Wildman–Crippen MR) is 71.7 cm³/mol. The van der Waals surface area contributed by atoms with Gasteiger partial charge >= 0.3 is 0 Å². The van der Waals surface area contributed by atoms with Crippen molar-refractivity contribution in [2.45, 2.75) is 12.8 Å². The van der Waals surface area contributed by atoms with Crippen LogP contribution >= 0.6 is 0 Å². The smallest absolute Gasteiger partial charge is 0.198 e. The maximum absolute atomic E-state index is 5.81. The minimum atomic E-state index is 0.431. The lowest BCUT2D eigenvalue weighted by molar-refractivity contribution is 0.239. The van der Waals surface area contributed by atoms with Crippen LogP contribution in [0.25, 0.3) is 11.0 Å². The minimum Gasteiger partial charge on any atom is -0.490 e. The molecule has 0 atom stereocenters. The number of imidazole rings is 1. The number of nitrogens with zero attached hydrogens (tertiary/aromatic N) is 2. The number of likely N-dealkylation sites (tertiary alicyclic amines) is 1. The first kappa shape index (κ1) is 11.3. The minimum absolute atomic E-state index is 0.431. The molecule has 1 aromatic heterocycles. The molecule has 5 nitrogen and oxygen atoms in total. The quantitative estimate of drug-likeness (QED) is 0.860. The van der Waals surface area contributed by atoms with Gasteiger partial charge in [-0.05, 0) is 38.1 Å². The summed E-state index contributed by atoms with van der Waals surface area (Å²) >= 11 is 0. The van der Waals surface area contributed by atoms with Gasteiger partial charge in [0.25, 0.3) is 0 Å². The summed E-state index contributed by atoms with van der Waals surface area (Å²) in [5, 5.41) is 0. The second-order valence-corrected chi connectivity index (χ2v) is 4.67. The topological polar surface area (TPSA) is 67.2 Å². The Bertz CT molecular complexity index is 531. The molecule has 0 radical (unpaired) electrons. The van der Waals surface area contributed by atoms with E-state index in [1.807, 2.05) is 18.2 Å². The van der Waals surface area contributed by atoms with E-state index >= 15 is 0 Å². The molecule has 18 heavy (non-hydrogen) atoms. The normalized spacial score (nSPS) is 16.4. The number of nitrogen functional groups attached to an aromatic ring is 1. The van der Waals surface area contributed by atoms with Crippen molar-refractivity contribution in [3.63, 3.8) is 0 Å². The van der Waals surface area contributed by atoms with Crippen LogP contribution in [0.3, 0.4) is 0 Å². The number of nitrogens with one attached hydrogen (secondary N) is 1. The molecular formula is C13H18N4O. The first-order valence-corrected chi connectivity index (χ1v) is 6.42. The molecule has 2 heterocycles. The van der Waals surface area contributed by atoms with E-state index in [4.69, 9.17) is 10.5 Å². The van der Waals surface area contributed by atoms with Gasteiger partial charge in [-0.2, -0.15) is 0 Å². The maximum Gasteiger partial charge on any atom is 0.198 e. The van der Waals surface area contributed by atoms with Crippen LogP contribution in [-0.2, 0) is 0 Å². The third-order valence-corrected chi connectivity index (χ3v) is 3.36. The van der Waals surface area contributed by atoms with Crippen molar-refractivity contribution >= 4 is 17.0 Å². The maximum atomic E-state index is 5.81. The van der Waals surface area contributed by atoms with Gasteiger partial charge in [0.2, 0.25) is 0 Å². The van der Waals surface area contributed by atoms with Crippen molar-refractivity contribution in [2.24, 2.45) is 0 Å². The zero-order chi connectivity index (χ0) is 12.4. The van der Waals surface area contributed by atoms with Gasteiger partial charge in [-0.3, -0.25) is 4.90 Å². The van der Waals surface area contributed by atoms with Crippen LogP contribution < -0.4 is 10.5 Å². The molecule has 1 saturated heterocycles. The molecule has 96 valence electrons. The van der Waals surface area contributed by atoms with E-state index in [0.29, 0.717) is 12.6 Å². The zero-order valence-corrected chi connectivity index (χ0v) is 10.4. The Labute approximate surface area is 106 Å². The van der Waals surface area contributed by atoms with Gasteiger partial charge in [0, 0.05) is 6.54 Å². The van der Waals surface area contributed by atoms with Crippen molar-refractivity contribution in [2.75, 3.05) is 32.0 Å². The summed E-state index contributed by atoms with van der Waals surface area (Å²) in [5.41, 5.74) is 7.40. The van der Waals surface area contributed by atoms with Gasteiger partial charge in [-0.15, -0.1) is 0 Å². The van der Waals surface area contributed by atoms with Gasteiger partial charge < -0.3 is 15.5 Å². The molecule has 0 aliphatic carbocycles. The third kappa shape index (κ3) is 2.26. The number of nitrogens with two attached hydrogens (primary N) is 1. The molecule has 1 aliphatic rings. The van der Waals surface area contributed by atoms with E-state index in [9.17, 15) is 0 Å². The highest BCUT2D eigenvalue weighted by Gasteiger charge is 2.12. The molecule has 5 heteroatoms. The van der Waals surface area contributed by atoms with E-state index in [-0.39, 0.29) is 0 Å². The summed E-state index contributed by atoms with van der Waals surface area (Å²) in [7, 11) is 0. The number of benzene rings is 1. The van der Waals surface area contributed by atoms with Gasteiger partial charge in [0.05, 0.1) is 5.52 Å². The van der Waals surface area contributed by atoms with Gasteiger partial charge in [-0.25, -0.2) is 4.98 Å². The summed E-state index contributed by atoms with van der Waals surface area (Å²) in [6.45, 7) is 4.08. The molecule has 0 saturated carbocycles. The standard InChI is InChI=1S/C13H18N4O/c14-13-15-10-4-3-5-11(12(10)16-13)18-9-8-17-6-1-2-7-17/h3-5H,1-2,6-9H2,(H3,14,15,16). The van der Waals surface area contributed by atoms with Crippen LogP contribution in [0.1, 0.15) is 12.8 Å². The van der Waals surface area contributed by atoms with E-state index in [2.05, 4.69) is 14.9 Å². The number of rotatable bonds is 4. The van der Waals surface area contributed by atoms with Gasteiger partial charge in [0.15, 0.2) is 5.95 Å². The lowest BCUT2D eigenvalue weighted by Gasteiger charge is -2.14. The highest BCUT2D eigenvalue weighted by atomic mass is 16.5. The van der Waals surface area contributed by atoms with Gasteiger partial charge in [0.1, 0.15) is 17.9 Å². The molecular weight excluding hydrogens is 228 g/mol. The summed E-state index contributed by atoms with van der Waals surface area (Å²) in [4.78, 5) is 9.68. The summed E-state index contributed by atoms with van der Waals surface area (Å²) < 4.78 is 5.81. The van der Waals surface area contributed by atoms with Crippen molar-refractivity contribution in [1.29, 1.82) is 0 Å². The third-order valence-electron chi connectivity index (χ3n) is 3.36. The lowest BCUT2D eigenvalue weighted by atomic mass is 10.3. The molecule has 3 rings (SSSR count). The Morgan fingerprint density at radius 3 is 3.00 bits per heavy atom. The molecule has 3 N–H and O–H groups in total. The summed E-state index contributed by atoms with van der Waals surface area (Å²) in [5.74, 6) is 1.24. The van der Waals surface area contributed by atoms with Crippen molar-refractivity contribution in [1.82, 2.24) is 14.9 Å². The number of hydrogen-bond acceptors (Lipinski definition) is 4. The molecule has 0 bridgehead atoms. The molecule has 1 aromatic carbocycles. The van der Waals surface area contributed by atoms with Gasteiger partial charge in [-0.1, -0.05) is 6.07 Å². The van der Waals surface area contributed by atoms with Crippen molar-refractivity contribution in [3.8, 4) is 5.75 Å². The van der Waals surface area contributed by atoms with E-state index in [1.165, 1.54) is 25.9 Å². The van der Waals surface area contributed by atoms with Crippen LogP contribution in [0.4, 0.5) is 5.95 Å². The first-order chi connectivity index (χ1) is 8.83. The highest BCUT2D eigenvalue weighted by molar-refractivity contribution is 5.83. The second kappa shape index (κ2) is 4.86. The van der Waals surface area contributed by atoms with E-state index in [0.717, 1.165) is 23.3 Å². The van der Waals surface area contributed by atoms with Crippen molar-refractivity contribution in [3.05, 3.63) is 18.2 Å². The predicted octanol–water partition coefficient (Wildman–Crippen LogP) is 1.62. The number of aromatic nitrogens is 2. The number of hydrogen-bond donors (Lipinski definition) is 2. The van der Waals surface area contributed by atoms with Crippen LogP contribution in [0, 0.1) is 0 Å². The SMILES string of the molecule is Nc1nc2c(OCCN3CCCC3)cccc2[nH]1. The molecule has 0 spiro atoms. The number of H-pyrrole nitrogens is 1. The average Bonchev–Trinajstić information content (AvgIpc) is 2.97. The number of para-hydroxylation sites is 1. The first-order valence-electron chi connectivity index (χ1n) is 6.42. The second-order valence-electron chi connectivity index (χ2n) is 4.67. The number of anilines is 1. The molecule has 1 aliphatic heterocycles. The van der Waals surface area contributed by atoms with E-state index in [1.54, 1.807) is 0 Å². The Morgan fingerprint density at radius 1 is 1.33 bits per heavy atom. The monoisotopic (exact) mass is 246 g/mol. The van der Waals surface area contributed by atoms with Crippen LogP contribution in [0.15, 0.2) is 18.2 Å². The van der Waals surface area contributed by atoms with Crippen LogP contribution in [0.2, 0.25) is 0 Å². The molecule has 1 fully saturated rings. The highest BCUT2D eigenvalue weighted by Crippen LogP contribution is 2.24. The summed E-state index contributed by atoms with van der Waals surface area (Å²) in [6.07, 6.45) is 2.62. The molecule has 0 unspecified atom stereocenters. The summed E-state index contributed by atoms with van der Waals surface area (Å²) in [6, 6.07) is 5.84. The Hall–Kier alpha value is -1.75. The number of aromatic amines is 1. The van der Waals surface area contributed by atoms with E-state index < -0.39 is 0 Å². The number of fused-ring (bicyclic) bond motifs is 1. The fourth-order valence-corrected chi connectivity index (χ4v) is 2.43. The Morgan fingerprint density at radius 2 is 2.17 bits per heavy atom. The Kier molecular flexibility index (Phi) is 3.06. The van der Waals surface area contributed by atoms with Crippen LogP contribution in [-0.4, -0.2) is 41.1 Å². The average molecular weight is 246 g/mol. The molecule has 2 aromatic rings. The zero-order valence-electron chi connectivity index (χ0n) is 10.4. The number of ether oxygens (including phenoxy) is 1. The van der Waals surface area contributed by atoms with Crippen molar-refractivity contribution < 1.29 is 4.74 Å². The molecule has 0 amide bonds. The fraction of sp³-hybridized carbons (Fsp3) is 0.462. The Balaban J connectivity index is 1.66. The lowest BCUT2D eigenvalue weighted by Crippen LogP contribution is -2.25.